The third-order valence-electron chi connectivity index (χ3n) is 2.48. The molecular formula is C12H12ClN5O. The quantitative estimate of drug-likeness (QED) is 0.589. The monoisotopic (exact) mass is 277 g/mol. The van der Waals surface area contributed by atoms with Crippen LogP contribution in [-0.4, -0.2) is 15.9 Å². The lowest BCUT2D eigenvalue weighted by Gasteiger charge is -2.08. The highest BCUT2D eigenvalue weighted by molar-refractivity contribution is 6.33. The molecule has 0 spiro atoms. The summed E-state index contributed by atoms with van der Waals surface area (Å²) in [4.78, 5) is 20.0. The van der Waals surface area contributed by atoms with Gasteiger partial charge in [-0.3, -0.25) is 4.79 Å². The van der Waals surface area contributed by atoms with Gasteiger partial charge < -0.3 is 10.7 Å². The number of hydrogen-bond donors (Lipinski definition) is 3. The molecule has 2 heterocycles. The number of rotatable bonds is 3. The van der Waals surface area contributed by atoms with E-state index in [4.69, 9.17) is 17.4 Å². The lowest BCUT2D eigenvalue weighted by atomic mass is 10.2. The van der Waals surface area contributed by atoms with Crippen molar-refractivity contribution in [2.45, 2.75) is 6.92 Å². The molecule has 0 aliphatic heterocycles. The summed E-state index contributed by atoms with van der Waals surface area (Å²) >= 11 is 5.91. The zero-order chi connectivity index (χ0) is 13.8. The van der Waals surface area contributed by atoms with Crippen molar-refractivity contribution in [1.82, 2.24) is 9.97 Å². The Kier molecular flexibility index (Phi) is 3.94. The smallest absolute Gasteiger partial charge is 0.258 e. The van der Waals surface area contributed by atoms with Crippen molar-refractivity contribution < 1.29 is 4.79 Å². The molecule has 98 valence electrons. The lowest BCUT2D eigenvalue weighted by Crippen LogP contribution is -2.15. The summed E-state index contributed by atoms with van der Waals surface area (Å²) in [5.41, 5.74) is 3.53. The average Bonchev–Trinajstić information content (AvgIpc) is 2.41. The number of aromatic nitrogens is 2. The summed E-state index contributed by atoms with van der Waals surface area (Å²) in [6.45, 7) is 1.86. The van der Waals surface area contributed by atoms with Crippen LogP contribution in [0.1, 0.15) is 15.9 Å². The van der Waals surface area contributed by atoms with Crippen LogP contribution in [0, 0.1) is 6.92 Å². The first-order valence-corrected chi connectivity index (χ1v) is 5.84. The Balaban J connectivity index is 2.21. The first-order valence-electron chi connectivity index (χ1n) is 5.47. The van der Waals surface area contributed by atoms with Crippen LogP contribution in [0.4, 0.5) is 11.6 Å². The molecule has 0 atom stereocenters. The zero-order valence-electron chi connectivity index (χ0n) is 10.1. The van der Waals surface area contributed by atoms with Crippen LogP contribution in [0.3, 0.4) is 0 Å². The van der Waals surface area contributed by atoms with E-state index >= 15 is 0 Å². The lowest BCUT2D eigenvalue weighted by molar-refractivity contribution is 0.102. The third kappa shape index (κ3) is 2.98. The Morgan fingerprint density at radius 3 is 2.79 bits per heavy atom. The fourth-order valence-electron chi connectivity index (χ4n) is 1.46. The fourth-order valence-corrected chi connectivity index (χ4v) is 1.69. The van der Waals surface area contributed by atoms with Crippen LogP contribution in [0.2, 0.25) is 5.02 Å². The van der Waals surface area contributed by atoms with Gasteiger partial charge in [-0.2, -0.15) is 0 Å². The molecular weight excluding hydrogens is 266 g/mol. The predicted octanol–water partition coefficient (Wildman–Crippen LogP) is 1.98. The number of hydrogen-bond acceptors (Lipinski definition) is 5. The first-order chi connectivity index (χ1) is 9.11. The van der Waals surface area contributed by atoms with Crippen molar-refractivity contribution in [1.29, 1.82) is 0 Å². The Labute approximate surface area is 115 Å². The molecule has 7 heteroatoms. The van der Waals surface area contributed by atoms with Crippen LogP contribution in [0.15, 0.2) is 30.6 Å². The summed E-state index contributed by atoms with van der Waals surface area (Å²) < 4.78 is 0. The van der Waals surface area contributed by atoms with Gasteiger partial charge in [0.25, 0.3) is 5.91 Å². The molecule has 4 N–H and O–H groups in total. The fraction of sp³-hybridized carbons (Fsp3) is 0.0833. The Morgan fingerprint density at radius 1 is 1.37 bits per heavy atom. The number of hydrazine groups is 1. The number of amides is 1. The standard InChI is InChI=1S/C12H12ClN5O/c1-7-3-2-4-15-10(7)17-12(19)8-5-9(13)11(18-14)16-6-8/h2-6H,14H2,1H3,(H,16,18)(H,15,17,19). The second-order valence-electron chi connectivity index (χ2n) is 3.82. The van der Waals surface area contributed by atoms with Crippen LogP contribution in [-0.2, 0) is 0 Å². The molecule has 19 heavy (non-hydrogen) atoms. The minimum atomic E-state index is -0.334. The Morgan fingerprint density at radius 2 is 2.16 bits per heavy atom. The molecule has 2 aromatic rings. The number of anilines is 2. The van der Waals surface area contributed by atoms with Gasteiger partial charge in [0, 0.05) is 12.4 Å². The number of carbonyl (C=O) groups is 1. The molecule has 6 nitrogen and oxygen atoms in total. The van der Waals surface area contributed by atoms with Crippen LogP contribution >= 0.6 is 11.6 Å². The van der Waals surface area contributed by atoms with Gasteiger partial charge in [0.15, 0.2) is 5.82 Å². The highest BCUT2D eigenvalue weighted by Crippen LogP contribution is 2.19. The molecule has 2 aromatic heterocycles. The maximum atomic E-state index is 12.0. The van der Waals surface area contributed by atoms with Gasteiger partial charge >= 0.3 is 0 Å². The van der Waals surface area contributed by atoms with Crippen molar-refractivity contribution in [3.8, 4) is 0 Å². The maximum absolute atomic E-state index is 12.0. The summed E-state index contributed by atoms with van der Waals surface area (Å²) in [5, 5.41) is 2.96. The van der Waals surface area contributed by atoms with E-state index in [1.807, 2.05) is 13.0 Å². The van der Waals surface area contributed by atoms with Gasteiger partial charge in [-0.25, -0.2) is 15.8 Å². The van der Waals surface area contributed by atoms with Crippen LogP contribution in [0.25, 0.3) is 0 Å². The van der Waals surface area contributed by atoms with E-state index in [-0.39, 0.29) is 10.9 Å². The minimum absolute atomic E-state index is 0.271. The van der Waals surface area contributed by atoms with E-state index in [1.165, 1.54) is 12.3 Å². The summed E-state index contributed by atoms with van der Waals surface area (Å²) in [7, 11) is 0. The molecule has 0 fully saturated rings. The molecule has 0 aliphatic carbocycles. The number of nitrogens with two attached hydrogens (primary N) is 1. The number of nitrogen functional groups attached to an aromatic ring is 1. The number of halogens is 1. The van der Waals surface area contributed by atoms with E-state index in [2.05, 4.69) is 20.7 Å². The van der Waals surface area contributed by atoms with Crippen LogP contribution < -0.4 is 16.6 Å². The van der Waals surface area contributed by atoms with E-state index in [1.54, 1.807) is 12.3 Å². The molecule has 1 amide bonds. The molecule has 0 aliphatic rings. The van der Waals surface area contributed by atoms with Crippen molar-refractivity contribution >= 4 is 29.1 Å². The third-order valence-corrected chi connectivity index (χ3v) is 2.77. The van der Waals surface area contributed by atoms with Gasteiger partial charge in [-0.15, -0.1) is 0 Å². The summed E-state index contributed by atoms with van der Waals surface area (Å²) in [6, 6.07) is 5.14. The molecule has 0 saturated carbocycles. The van der Waals surface area contributed by atoms with Gasteiger partial charge in [0.2, 0.25) is 0 Å². The minimum Gasteiger partial charge on any atom is -0.307 e. The topological polar surface area (TPSA) is 92.9 Å². The van der Waals surface area contributed by atoms with Gasteiger partial charge in [0.05, 0.1) is 10.6 Å². The van der Waals surface area contributed by atoms with Crippen molar-refractivity contribution in [2.24, 2.45) is 5.84 Å². The summed E-state index contributed by atoms with van der Waals surface area (Å²) in [5.74, 6) is 5.70. The Hall–Kier alpha value is -2.18. The largest absolute Gasteiger partial charge is 0.307 e. The van der Waals surface area contributed by atoms with Crippen molar-refractivity contribution in [2.75, 3.05) is 10.7 Å². The normalized spacial score (nSPS) is 10.1. The van der Waals surface area contributed by atoms with Gasteiger partial charge in [0.1, 0.15) is 5.82 Å². The zero-order valence-corrected chi connectivity index (χ0v) is 10.9. The second kappa shape index (κ2) is 5.64. The molecule has 0 unspecified atom stereocenters. The van der Waals surface area contributed by atoms with E-state index in [0.717, 1.165) is 5.56 Å². The number of aryl methyl sites for hydroxylation is 1. The van der Waals surface area contributed by atoms with Crippen LogP contribution in [0.5, 0.6) is 0 Å². The molecule has 0 aromatic carbocycles. The number of nitrogens with one attached hydrogen (secondary N) is 2. The summed E-state index contributed by atoms with van der Waals surface area (Å²) in [6.07, 6.45) is 2.99. The van der Waals surface area contributed by atoms with E-state index < -0.39 is 0 Å². The second-order valence-corrected chi connectivity index (χ2v) is 4.23. The van der Waals surface area contributed by atoms with Gasteiger partial charge in [-0.05, 0) is 24.6 Å². The molecule has 0 bridgehead atoms. The predicted molar refractivity (Wildman–Crippen MR) is 74.0 cm³/mol. The van der Waals surface area contributed by atoms with Gasteiger partial charge in [-0.1, -0.05) is 17.7 Å². The highest BCUT2D eigenvalue weighted by atomic mass is 35.5. The maximum Gasteiger partial charge on any atom is 0.258 e. The van der Waals surface area contributed by atoms with E-state index in [9.17, 15) is 4.79 Å². The van der Waals surface area contributed by atoms with Crippen molar-refractivity contribution in [3.63, 3.8) is 0 Å². The Bertz CT molecular complexity index is 617. The molecule has 0 saturated heterocycles. The first kappa shape index (κ1) is 13.3. The SMILES string of the molecule is Cc1cccnc1NC(=O)c1cnc(NN)c(Cl)c1. The number of nitrogens with zero attached hydrogens (tertiary/aromatic N) is 2. The highest BCUT2D eigenvalue weighted by Gasteiger charge is 2.11. The molecule has 2 rings (SSSR count). The molecule has 0 radical (unpaired) electrons. The van der Waals surface area contributed by atoms with Crippen molar-refractivity contribution in [3.05, 3.63) is 46.7 Å². The number of carbonyl (C=O) groups excluding carboxylic acids is 1. The average molecular weight is 278 g/mol. The number of pyridine rings is 2. The van der Waals surface area contributed by atoms with E-state index in [0.29, 0.717) is 17.2 Å².